The summed E-state index contributed by atoms with van der Waals surface area (Å²) in [5.41, 5.74) is 10.3. The zero-order chi connectivity index (χ0) is 26.6. The second-order valence-electron chi connectivity index (χ2n) is 10.0. The molecule has 0 aliphatic carbocycles. The lowest BCUT2D eigenvalue weighted by molar-refractivity contribution is -0.138. The predicted octanol–water partition coefficient (Wildman–Crippen LogP) is 3.41. The lowest BCUT2D eigenvalue weighted by Gasteiger charge is -2.27. The van der Waals surface area contributed by atoms with E-state index in [0.29, 0.717) is 31.6 Å². The fourth-order valence-corrected chi connectivity index (χ4v) is 4.51. The number of nitrogens with one attached hydrogen (secondary N) is 2. The Labute approximate surface area is 218 Å². The highest BCUT2D eigenvalue weighted by atomic mass is 16.2. The van der Waals surface area contributed by atoms with Crippen molar-refractivity contribution < 1.29 is 14.4 Å². The highest BCUT2D eigenvalue weighted by molar-refractivity contribution is 6.00. The van der Waals surface area contributed by atoms with Gasteiger partial charge < -0.3 is 21.3 Å². The molecule has 0 radical (unpaired) electrons. The molecule has 0 aromatic heterocycles. The molecule has 37 heavy (non-hydrogen) atoms. The van der Waals surface area contributed by atoms with E-state index in [1.54, 1.807) is 18.7 Å². The second kappa shape index (κ2) is 11.0. The van der Waals surface area contributed by atoms with Crippen molar-refractivity contribution in [1.82, 2.24) is 15.5 Å². The van der Waals surface area contributed by atoms with Gasteiger partial charge in [0, 0.05) is 31.6 Å². The summed E-state index contributed by atoms with van der Waals surface area (Å²) in [6, 6.07) is 22.7. The minimum Gasteiger partial charge on any atom is -0.352 e. The number of benzene rings is 3. The molecule has 1 aliphatic rings. The summed E-state index contributed by atoms with van der Waals surface area (Å²) < 4.78 is 0. The molecule has 4 rings (SSSR count). The summed E-state index contributed by atoms with van der Waals surface area (Å²) in [6.45, 7) is 6.55. The quantitative estimate of drug-likeness (QED) is 0.464. The average Bonchev–Trinajstić information content (AvgIpc) is 3.00. The van der Waals surface area contributed by atoms with Gasteiger partial charge in [-0.15, -0.1) is 0 Å². The first-order valence-electron chi connectivity index (χ1n) is 12.6. The first kappa shape index (κ1) is 26.1. The van der Waals surface area contributed by atoms with Crippen LogP contribution in [0.1, 0.15) is 47.8 Å². The number of hydrogen-bond donors (Lipinski definition) is 3. The largest absolute Gasteiger partial charge is 0.352 e. The second-order valence-corrected chi connectivity index (χ2v) is 10.0. The number of nitrogens with two attached hydrogens (primary N) is 1. The van der Waals surface area contributed by atoms with E-state index in [-0.39, 0.29) is 17.7 Å². The molecule has 0 saturated heterocycles. The van der Waals surface area contributed by atoms with Crippen LogP contribution in [-0.2, 0) is 29.1 Å². The van der Waals surface area contributed by atoms with Gasteiger partial charge in [0.25, 0.3) is 5.91 Å². The van der Waals surface area contributed by atoms with Gasteiger partial charge in [-0.2, -0.15) is 0 Å². The van der Waals surface area contributed by atoms with Crippen molar-refractivity contribution in [2.24, 2.45) is 5.73 Å². The molecule has 1 atom stereocenters. The molecular formula is C30H34N4O3. The number of amides is 3. The number of carbonyl (C=O) groups is 3. The van der Waals surface area contributed by atoms with Gasteiger partial charge in [-0.3, -0.25) is 14.4 Å². The molecule has 3 aromatic carbocycles. The Balaban J connectivity index is 1.58. The lowest BCUT2D eigenvalue weighted by Crippen LogP contribution is -2.56. The zero-order valence-electron chi connectivity index (χ0n) is 21.6. The fourth-order valence-electron chi connectivity index (χ4n) is 4.51. The van der Waals surface area contributed by atoms with Crippen molar-refractivity contribution in [1.29, 1.82) is 0 Å². The highest BCUT2D eigenvalue weighted by Gasteiger charge is 2.33. The number of hydrogen-bond acceptors (Lipinski definition) is 4. The molecule has 3 aromatic rings. The molecular weight excluding hydrogens is 464 g/mol. The monoisotopic (exact) mass is 498 g/mol. The Kier molecular flexibility index (Phi) is 7.74. The van der Waals surface area contributed by atoms with Crippen molar-refractivity contribution in [3.05, 3.63) is 95.1 Å². The lowest BCUT2D eigenvalue weighted by atomic mass is 9.98. The molecule has 1 heterocycles. The fraction of sp³-hybridized carbons (Fsp3) is 0.300. The SMILES string of the molecule is CCNC(=O)c1ccccc1-c1ccc(CN2Cc3ccccc3CC(NC(=O)C(C)(C)N)C2=O)cc1. The van der Waals surface area contributed by atoms with E-state index in [2.05, 4.69) is 10.6 Å². The Morgan fingerprint density at radius 2 is 1.62 bits per heavy atom. The van der Waals surface area contributed by atoms with E-state index < -0.39 is 11.6 Å². The van der Waals surface area contributed by atoms with Gasteiger partial charge in [-0.1, -0.05) is 66.7 Å². The molecule has 1 aliphatic heterocycles. The van der Waals surface area contributed by atoms with E-state index in [9.17, 15) is 14.4 Å². The summed E-state index contributed by atoms with van der Waals surface area (Å²) in [6.07, 6.45) is 0.420. The maximum absolute atomic E-state index is 13.6. The molecule has 4 N–H and O–H groups in total. The summed E-state index contributed by atoms with van der Waals surface area (Å²) in [7, 11) is 0. The van der Waals surface area contributed by atoms with Crippen LogP contribution in [-0.4, -0.2) is 40.7 Å². The zero-order valence-corrected chi connectivity index (χ0v) is 21.6. The smallest absolute Gasteiger partial charge is 0.251 e. The van der Waals surface area contributed by atoms with Crippen LogP contribution in [0, 0.1) is 0 Å². The molecule has 0 fully saturated rings. The van der Waals surface area contributed by atoms with Gasteiger partial charge >= 0.3 is 0 Å². The van der Waals surface area contributed by atoms with Crippen LogP contribution in [0.25, 0.3) is 11.1 Å². The first-order valence-corrected chi connectivity index (χ1v) is 12.6. The molecule has 7 nitrogen and oxygen atoms in total. The Morgan fingerprint density at radius 1 is 0.973 bits per heavy atom. The number of nitrogens with zero attached hydrogens (tertiary/aromatic N) is 1. The van der Waals surface area contributed by atoms with Crippen LogP contribution in [0.2, 0.25) is 0 Å². The standard InChI is InChI=1S/C30H34N4O3/c1-4-32-27(35)25-12-8-7-11-24(25)21-15-13-20(14-16-21)18-34-19-23-10-6-5-9-22(23)17-26(28(34)36)33-29(37)30(2,3)31/h5-16,26H,4,17-19,31H2,1-3H3,(H,32,35)(H,33,37). The van der Waals surface area contributed by atoms with Crippen LogP contribution >= 0.6 is 0 Å². The number of rotatable bonds is 7. The van der Waals surface area contributed by atoms with Crippen LogP contribution in [0.4, 0.5) is 0 Å². The average molecular weight is 499 g/mol. The van der Waals surface area contributed by atoms with Gasteiger partial charge in [0.15, 0.2) is 0 Å². The summed E-state index contributed by atoms with van der Waals surface area (Å²) >= 11 is 0. The minimum absolute atomic E-state index is 0.107. The maximum Gasteiger partial charge on any atom is 0.251 e. The topological polar surface area (TPSA) is 105 Å². The van der Waals surface area contributed by atoms with Crippen molar-refractivity contribution >= 4 is 17.7 Å². The molecule has 3 amide bonds. The van der Waals surface area contributed by atoms with Crippen molar-refractivity contribution in [2.75, 3.05) is 6.54 Å². The third-order valence-corrected chi connectivity index (χ3v) is 6.55. The van der Waals surface area contributed by atoms with E-state index in [4.69, 9.17) is 5.73 Å². The Hall–Kier alpha value is -3.97. The third-order valence-electron chi connectivity index (χ3n) is 6.55. The number of fused-ring (bicyclic) bond motifs is 1. The Morgan fingerprint density at radius 3 is 2.30 bits per heavy atom. The van der Waals surface area contributed by atoms with E-state index in [1.165, 1.54) is 0 Å². The van der Waals surface area contributed by atoms with Crippen LogP contribution in [0.5, 0.6) is 0 Å². The Bertz CT molecular complexity index is 1290. The summed E-state index contributed by atoms with van der Waals surface area (Å²) in [4.78, 5) is 40.5. The highest BCUT2D eigenvalue weighted by Crippen LogP contribution is 2.26. The predicted molar refractivity (Wildman–Crippen MR) is 144 cm³/mol. The van der Waals surface area contributed by atoms with Gasteiger partial charge in [-0.05, 0) is 54.7 Å². The summed E-state index contributed by atoms with van der Waals surface area (Å²) in [5.74, 6) is -0.607. The van der Waals surface area contributed by atoms with E-state index in [0.717, 1.165) is 27.8 Å². The molecule has 7 heteroatoms. The first-order chi connectivity index (χ1) is 17.7. The van der Waals surface area contributed by atoms with Gasteiger partial charge in [0.2, 0.25) is 11.8 Å². The van der Waals surface area contributed by atoms with Crippen molar-refractivity contribution in [2.45, 2.75) is 51.9 Å². The van der Waals surface area contributed by atoms with E-state index >= 15 is 0 Å². The van der Waals surface area contributed by atoms with Gasteiger partial charge in [0.05, 0.1) is 5.54 Å². The van der Waals surface area contributed by atoms with Crippen LogP contribution in [0.3, 0.4) is 0 Å². The minimum atomic E-state index is -1.09. The normalized spacial score (nSPS) is 15.5. The molecule has 1 unspecified atom stereocenters. The molecule has 0 saturated carbocycles. The van der Waals surface area contributed by atoms with Crippen molar-refractivity contribution in [3.63, 3.8) is 0 Å². The molecule has 0 spiro atoms. The van der Waals surface area contributed by atoms with Crippen molar-refractivity contribution in [3.8, 4) is 11.1 Å². The summed E-state index contributed by atoms with van der Waals surface area (Å²) in [5, 5.41) is 5.73. The van der Waals surface area contributed by atoms with Gasteiger partial charge in [-0.25, -0.2) is 0 Å². The number of carbonyl (C=O) groups excluding carboxylic acids is 3. The third kappa shape index (κ3) is 6.06. The maximum atomic E-state index is 13.6. The van der Waals surface area contributed by atoms with Crippen LogP contribution < -0.4 is 16.4 Å². The molecule has 192 valence electrons. The van der Waals surface area contributed by atoms with E-state index in [1.807, 2.05) is 79.7 Å². The van der Waals surface area contributed by atoms with Gasteiger partial charge in [0.1, 0.15) is 6.04 Å². The molecule has 0 bridgehead atoms. The van der Waals surface area contributed by atoms with Crippen LogP contribution in [0.15, 0.2) is 72.8 Å².